The number of carboxylic acid groups (broad SMARTS) is 1. The molecule has 11 heteroatoms. The number of allylic oxidation sites excluding steroid dienone is 1. The Bertz CT molecular complexity index is 915. The Kier molecular flexibility index (Phi) is 7.65. The topological polar surface area (TPSA) is 100 Å². The molecule has 0 amide bonds. The number of carbonyl (C=O) groups excluding carboxylic acids is 1. The monoisotopic (exact) mass is 471 g/mol. The summed E-state index contributed by atoms with van der Waals surface area (Å²) >= 11 is 0. The number of esters is 1. The summed E-state index contributed by atoms with van der Waals surface area (Å²) in [6, 6.07) is 4.43. The molecule has 1 aromatic rings. The zero-order valence-electron chi connectivity index (χ0n) is 18.5. The van der Waals surface area contributed by atoms with E-state index in [9.17, 15) is 27.9 Å². The van der Waals surface area contributed by atoms with Crippen LogP contribution < -0.4 is 10.9 Å². The minimum Gasteiger partial charge on any atom is -0.480 e. The van der Waals surface area contributed by atoms with Crippen molar-refractivity contribution in [3.8, 4) is 0 Å². The normalized spacial score (nSPS) is 24.3. The molecule has 182 valence electrons. The highest BCUT2D eigenvalue weighted by Gasteiger charge is 2.53. The lowest BCUT2D eigenvalue weighted by molar-refractivity contribution is -0.148. The molecule has 3 rings (SSSR count). The maximum Gasteiger partial charge on any atom is 0.416 e. The van der Waals surface area contributed by atoms with E-state index in [0.29, 0.717) is 38.5 Å². The van der Waals surface area contributed by atoms with E-state index in [4.69, 9.17) is 9.47 Å². The molecular formula is C22H28F3N3O5. The Morgan fingerprint density at radius 2 is 2.00 bits per heavy atom. The van der Waals surface area contributed by atoms with Gasteiger partial charge in [0.15, 0.2) is 0 Å². The molecule has 2 heterocycles. The molecule has 2 aliphatic rings. The number of hydrogen-bond acceptors (Lipinski definition) is 7. The van der Waals surface area contributed by atoms with Crippen LogP contribution in [0.1, 0.15) is 37.3 Å². The van der Waals surface area contributed by atoms with Crippen LogP contribution >= 0.6 is 0 Å². The van der Waals surface area contributed by atoms with E-state index in [1.807, 2.05) is 4.90 Å². The number of ether oxygens (including phenoxy) is 2. The van der Waals surface area contributed by atoms with Gasteiger partial charge in [0.05, 0.1) is 31.0 Å². The molecule has 0 spiro atoms. The molecule has 1 fully saturated rings. The molecular weight excluding hydrogens is 443 g/mol. The second-order valence-electron chi connectivity index (χ2n) is 8.05. The third-order valence-electron chi connectivity index (χ3n) is 6.01. The number of morpholine rings is 1. The summed E-state index contributed by atoms with van der Waals surface area (Å²) in [6.07, 6.45) is -4.61. The zero-order chi connectivity index (χ0) is 24.2. The molecule has 8 nitrogen and oxygen atoms in total. The SMILES string of the molecule is CCOC(=O)C1=C(C)NNC(CCN2CCOCC2)(C(=O)O)C1c1cccc(C(F)(F)F)c1. The number of halogens is 3. The van der Waals surface area contributed by atoms with Crippen LogP contribution in [0.15, 0.2) is 35.5 Å². The molecule has 0 aliphatic carbocycles. The average Bonchev–Trinajstić information content (AvgIpc) is 2.78. The molecule has 3 N–H and O–H groups in total. The predicted molar refractivity (Wildman–Crippen MR) is 112 cm³/mol. The first-order valence-corrected chi connectivity index (χ1v) is 10.7. The van der Waals surface area contributed by atoms with Gasteiger partial charge in [-0.05, 0) is 31.9 Å². The summed E-state index contributed by atoms with van der Waals surface area (Å²) in [6.45, 7) is 5.76. The first-order chi connectivity index (χ1) is 15.6. The number of nitrogens with zero attached hydrogens (tertiary/aromatic N) is 1. The van der Waals surface area contributed by atoms with Crippen LogP contribution in [0.3, 0.4) is 0 Å². The fraction of sp³-hybridized carbons (Fsp3) is 0.545. The van der Waals surface area contributed by atoms with Crippen molar-refractivity contribution in [1.82, 2.24) is 15.8 Å². The fourth-order valence-corrected chi connectivity index (χ4v) is 4.28. The smallest absolute Gasteiger partial charge is 0.416 e. The Morgan fingerprint density at radius 3 is 2.61 bits per heavy atom. The van der Waals surface area contributed by atoms with E-state index in [0.717, 1.165) is 12.1 Å². The van der Waals surface area contributed by atoms with Gasteiger partial charge in [-0.15, -0.1) is 0 Å². The molecule has 2 aliphatic heterocycles. The summed E-state index contributed by atoms with van der Waals surface area (Å²) in [4.78, 5) is 27.6. The third-order valence-corrected chi connectivity index (χ3v) is 6.01. The first kappa shape index (κ1) is 25.0. The van der Waals surface area contributed by atoms with E-state index in [2.05, 4.69) is 10.9 Å². The Hall–Kier alpha value is -2.63. The Labute approximate surface area is 189 Å². The van der Waals surface area contributed by atoms with Crippen LogP contribution in [0, 0.1) is 0 Å². The van der Waals surface area contributed by atoms with E-state index in [1.54, 1.807) is 13.8 Å². The van der Waals surface area contributed by atoms with Gasteiger partial charge in [-0.1, -0.05) is 18.2 Å². The maximum absolute atomic E-state index is 13.5. The molecule has 0 saturated carbocycles. The Morgan fingerprint density at radius 1 is 1.30 bits per heavy atom. The van der Waals surface area contributed by atoms with E-state index in [1.165, 1.54) is 12.1 Å². The molecule has 0 radical (unpaired) electrons. The minimum absolute atomic E-state index is 0.0145. The predicted octanol–water partition coefficient (Wildman–Crippen LogP) is 2.28. The van der Waals surface area contributed by atoms with Crippen molar-refractivity contribution >= 4 is 11.9 Å². The van der Waals surface area contributed by atoms with Crippen molar-refractivity contribution < 1.29 is 37.3 Å². The van der Waals surface area contributed by atoms with Gasteiger partial charge in [-0.2, -0.15) is 13.2 Å². The van der Waals surface area contributed by atoms with Gasteiger partial charge in [0, 0.05) is 31.2 Å². The number of nitrogens with one attached hydrogen (secondary N) is 2. The van der Waals surface area contributed by atoms with Gasteiger partial charge in [-0.3, -0.25) is 9.69 Å². The lowest BCUT2D eigenvalue weighted by atomic mass is 9.71. The van der Waals surface area contributed by atoms with Gasteiger partial charge in [0.25, 0.3) is 0 Å². The summed E-state index contributed by atoms with van der Waals surface area (Å²) in [5, 5.41) is 10.4. The van der Waals surface area contributed by atoms with E-state index in [-0.39, 0.29) is 24.2 Å². The number of hydrogen-bond donors (Lipinski definition) is 3. The summed E-state index contributed by atoms with van der Waals surface area (Å²) < 4.78 is 50.9. The quantitative estimate of drug-likeness (QED) is 0.521. The standard InChI is InChI=1S/C22H28F3N3O5/c1-3-33-19(29)17-14(2)26-27-21(20(30)31,7-8-28-9-11-32-12-10-28)18(17)15-5-4-6-16(13-15)22(23,24)25/h4-6,13,18,26-27H,3,7-12H2,1-2H3,(H,30,31). The van der Waals surface area contributed by atoms with Crippen LogP contribution in [0.25, 0.3) is 0 Å². The number of alkyl halides is 3. The van der Waals surface area contributed by atoms with E-state index < -0.39 is 35.1 Å². The van der Waals surface area contributed by atoms with Crippen LogP contribution in [0.2, 0.25) is 0 Å². The second-order valence-corrected chi connectivity index (χ2v) is 8.05. The molecule has 2 unspecified atom stereocenters. The lowest BCUT2D eigenvalue weighted by Crippen LogP contribution is -2.65. The second kappa shape index (κ2) is 10.1. The molecule has 0 bridgehead atoms. The van der Waals surface area contributed by atoms with Gasteiger partial charge in [0.2, 0.25) is 0 Å². The molecule has 0 aromatic heterocycles. The summed E-state index contributed by atoms with van der Waals surface area (Å²) in [5.41, 5.74) is 3.17. The van der Waals surface area contributed by atoms with Crippen molar-refractivity contribution in [1.29, 1.82) is 0 Å². The number of benzene rings is 1. The summed E-state index contributed by atoms with van der Waals surface area (Å²) in [7, 11) is 0. The third kappa shape index (κ3) is 5.31. The van der Waals surface area contributed by atoms with Crippen molar-refractivity contribution in [3.63, 3.8) is 0 Å². The van der Waals surface area contributed by atoms with Crippen LogP contribution in [-0.2, 0) is 25.2 Å². The molecule has 33 heavy (non-hydrogen) atoms. The Balaban J connectivity index is 2.12. The number of rotatable bonds is 7. The van der Waals surface area contributed by atoms with Crippen LogP contribution in [0.4, 0.5) is 13.2 Å². The van der Waals surface area contributed by atoms with Crippen molar-refractivity contribution in [3.05, 3.63) is 46.7 Å². The number of carbonyl (C=O) groups is 2. The van der Waals surface area contributed by atoms with Gasteiger partial charge in [0.1, 0.15) is 5.54 Å². The van der Waals surface area contributed by atoms with Gasteiger partial charge < -0.3 is 20.0 Å². The maximum atomic E-state index is 13.5. The van der Waals surface area contributed by atoms with Crippen molar-refractivity contribution in [2.75, 3.05) is 39.5 Å². The van der Waals surface area contributed by atoms with Crippen LogP contribution in [0.5, 0.6) is 0 Å². The largest absolute Gasteiger partial charge is 0.480 e. The number of aliphatic carboxylic acids is 1. The van der Waals surface area contributed by atoms with Gasteiger partial charge in [-0.25, -0.2) is 10.2 Å². The highest BCUT2D eigenvalue weighted by atomic mass is 19.4. The lowest BCUT2D eigenvalue weighted by Gasteiger charge is -2.44. The molecule has 1 aromatic carbocycles. The van der Waals surface area contributed by atoms with Crippen molar-refractivity contribution in [2.45, 2.75) is 37.9 Å². The molecule has 1 saturated heterocycles. The first-order valence-electron chi connectivity index (χ1n) is 10.7. The van der Waals surface area contributed by atoms with E-state index >= 15 is 0 Å². The summed E-state index contributed by atoms with van der Waals surface area (Å²) in [5.74, 6) is -3.29. The van der Waals surface area contributed by atoms with Gasteiger partial charge >= 0.3 is 18.1 Å². The molecule has 2 atom stereocenters. The fourth-order valence-electron chi connectivity index (χ4n) is 4.28. The zero-order valence-corrected chi connectivity index (χ0v) is 18.5. The van der Waals surface area contributed by atoms with Crippen LogP contribution in [-0.4, -0.2) is 66.9 Å². The highest BCUT2D eigenvalue weighted by molar-refractivity contribution is 5.95. The number of carboxylic acids is 1. The minimum atomic E-state index is -4.63. The number of hydrazine groups is 1. The highest BCUT2D eigenvalue weighted by Crippen LogP contribution is 2.43. The average molecular weight is 471 g/mol. The van der Waals surface area contributed by atoms with Crippen molar-refractivity contribution in [2.24, 2.45) is 0 Å².